The van der Waals surface area contributed by atoms with Crippen molar-refractivity contribution in [2.45, 2.75) is 77.4 Å². The van der Waals surface area contributed by atoms with Crippen molar-refractivity contribution in [3.8, 4) is 0 Å². The molecule has 0 aliphatic heterocycles. The third kappa shape index (κ3) is 5.86. The van der Waals surface area contributed by atoms with Crippen LogP contribution in [0.15, 0.2) is 0 Å². The number of rotatable bonds is 8. The van der Waals surface area contributed by atoms with Gasteiger partial charge in [-0.25, -0.2) is 0 Å². The van der Waals surface area contributed by atoms with E-state index >= 15 is 0 Å². The summed E-state index contributed by atoms with van der Waals surface area (Å²) in [6, 6.07) is 0.385. The predicted octanol–water partition coefficient (Wildman–Crippen LogP) is 3.10. The average Bonchev–Trinajstić information content (AvgIpc) is 2.62. The minimum Gasteiger partial charge on any atom is -0.392 e. The quantitative estimate of drug-likeness (QED) is 0.625. The second kappa shape index (κ2) is 8.08. The number of aliphatic hydroxyl groups is 1. The van der Waals surface area contributed by atoms with Gasteiger partial charge in [-0.1, -0.05) is 39.5 Å². The first-order valence-electron chi connectivity index (χ1n) is 7.11. The predicted molar refractivity (Wildman–Crippen MR) is 69.6 cm³/mol. The van der Waals surface area contributed by atoms with E-state index in [-0.39, 0.29) is 6.10 Å². The zero-order chi connectivity index (χ0) is 11.8. The summed E-state index contributed by atoms with van der Waals surface area (Å²) in [6.07, 6.45) is 9.98. The Balaban J connectivity index is 1.84. The van der Waals surface area contributed by atoms with Crippen LogP contribution < -0.4 is 5.32 Å². The van der Waals surface area contributed by atoms with Crippen molar-refractivity contribution in [1.82, 2.24) is 5.32 Å². The molecule has 16 heavy (non-hydrogen) atoms. The van der Waals surface area contributed by atoms with Crippen LogP contribution in [-0.4, -0.2) is 23.8 Å². The zero-order valence-corrected chi connectivity index (χ0v) is 11.0. The summed E-state index contributed by atoms with van der Waals surface area (Å²) in [6.45, 7) is 5.68. The monoisotopic (exact) mass is 227 g/mol. The Morgan fingerprint density at radius 3 is 2.50 bits per heavy atom. The fourth-order valence-corrected chi connectivity index (χ4v) is 2.50. The second-order valence-corrected chi connectivity index (χ2v) is 5.66. The van der Waals surface area contributed by atoms with Gasteiger partial charge in [0.2, 0.25) is 0 Å². The Morgan fingerprint density at radius 1 is 1.12 bits per heavy atom. The van der Waals surface area contributed by atoms with Crippen LogP contribution in [0.3, 0.4) is 0 Å². The molecule has 0 amide bonds. The molecule has 1 aliphatic rings. The summed E-state index contributed by atoms with van der Waals surface area (Å²) in [5.74, 6) is 0.853. The highest BCUT2D eigenvalue weighted by molar-refractivity contribution is 4.82. The zero-order valence-electron chi connectivity index (χ0n) is 11.0. The first-order valence-corrected chi connectivity index (χ1v) is 7.11. The smallest absolute Gasteiger partial charge is 0.0693 e. The van der Waals surface area contributed by atoms with Crippen LogP contribution in [0.4, 0.5) is 0 Å². The minimum absolute atomic E-state index is 0.0825. The lowest BCUT2D eigenvalue weighted by Crippen LogP contribution is -2.36. The molecular formula is C14H29NO. The van der Waals surface area contributed by atoms with E-state index in [0.717, 1.165) is 25.3 Å². The average molecular weight is 227 g/mol. The molecule has 2 atom stereocenters. The lowest BCUT2D eigenvalue weighted by atomic mass is 10.0. The lowest BCUT2D eigenvalue weighted by Gasteiger charge is -2.16. The molecule has 0 bridgehead atoms. The van der Waals surface area contributed by atoms with Gasteiger partial charge in [-0.2, -0.15) is 0 Å². The van der Waals surface area contributed by atoms with Gasteiger partial charge in [0.05, 0.1) is 6.10 Å². The van der Waals surface area contributed by atoms with E-state index in [4.69, 9.17) is 0 Å². The maximum absolute atomic E-state index is 9.63. The first kappa shape index (κ1) is 14.0. The largest absolute Gasteiger partial charge is 0.392 e. The number of hydrogen-bond acceptors (Lipinski definition) is 2. The van der Waals surface area contributed by atoms with E-state index in [9.17, 15) is 5.11 Å². The van der Waals surface area contributed by atoms with Crippen LogP contribution in [0.5, 0.6) is 0 Å². The van der Waals surface area contributed by atoms with Crippen LogP contribution in [0.1, 0.15) is 65.2 Å². The fraction of sp³-hybridized carbons (Fsp3) is 1.00. The summed E-state index contributed by atoms with van der Waals surface area (Å²) in [4.78, 5) is 0. The molecule has 0 spiro atoms. The molecule has 0 aromatic heterocycles. The molecule has 96 valence electrons. The molecule has 0 unspecified atom stereocenters. The summed E-state index contributed by atoms with van der Waals surface area (Å²) < 4.78 is 0. The van der Waals surface area contributed by atoms with Gasteiger partial charge >= 0.3 is 0 Å². The Labute approximate surface area is 101 Å². The minimum atomic E-state index is -0.0825. The van der Waals surface area contributed by atoms with Crippen LogP contribution in [0.25, 0.3) is 0 Å². The molecule has 1 saturated carbocycles. The third-order valence-corrected chi connectivity index (χ3v) is 3.59. The topological polar surface area (TPSA) is 32.3 Å². The van der Waals surface area contributed by atoms with Crippen LogP contribution in [0.2, 0.25) is 0 Å². The molecule has 0 radical (unpaired) electrons. The van der Waals surface area contributed by atoms with Crippen molar-refractivity contribution in [2.24, 2.45) is 5.92 Å². The number of unbranched alkanes of at least 4 members (excludes halogenated alkanes) is 3. The molecule has 0 aromatic rings. The summed E-state index contributed by atoms with van der Waals surface area (Å²) in [5, 5.41) is 13.1. The Hall–Kier alpha value is -0.0800. The summed E-state index contributed by atoms with van der Waals surface area (Å²) >= 11 is 0. The summed E-state index contributed by atoms with van der Waals surface area (Å²) in [7, 11) is 0. The molecule has 1 aliphatic carbocycles. The lowest BCUT2D eigenvalue weighted by molar-refractivity contribution is 0.149. The maximum Gasteiger partial charge on any atom is 0.0693 e. The van der Waals surface area contributed by atoms with Gasteiger partial charge in [-0.15, -0.1) is 0 Å². The van der Waals surface area contributed by atoms with Crippen molar-refractivity contribution in [2.75, 3.05) is 6.54 Å². The number of nitrogens with one attached hydrogen (secondary N) is 1. The molecule has 2 N–H and O–H groups in total. The van der Waals surface area contributed by atoms with Crippen LogP contribution in [-0.2, 0) is 0 Å². The van der Waals surface area contributed by atoms with Crippen molar-refractivity contribution in [3.05, 3.63) is 0 Å². The molecule has 2 heteroatoms. The highest BCUT2D eigenvalue weighted by Crippen LogP contribution is 2.18. The fourth-order valence-electron chi connectivity index (χ4n) is 2.50. The Morgan fingerprint density at radius 2 is 1.88 bits per heavy atom. The van der Waals surface area contributed by atoms with Crippen molar-refractivity contribution >= 4 is 0 Å². The van der Waals surface area contributed by atoms with Crippen LogP contribution >= 0.6 is 0 Å². The van der Waals surface area contributed by atoms with E-state index in [0.29, 0.717) is 6.04 Å². The van der Waals surface area contributed by atoms with Gasteiger partial charge in [0.15, 0.2) is 0 Å². The number of hydrogen-bond donors (Lipinski definition) is 2. The Bertz CT molecular complexity index is 170. The molecule has 2 nitrogen and oxygen atoms in total. The molecule has 1 rings (SSSR count). The van der Waals surface area contributed by atoms with Gasteiger partial charge in [-0.3, -0.25) is 0 Å². The molecule has 1 fully saturated rings. The molecular weight excluding hydrogens is 198 g/mol. The standard InChI is InChI=1S/C14H29NO/c1-12(2)8-5-3-4-6-11-15-13-9-7-10-14(13)16/h12-16H,3-11H2,1-2H3/t13-,14-/m0/s1. The van der Waals surface area contributed by atoms with E-state index < -0.39 is 0 Å². The van der Waals surface area contributed by atoms with Gasteiger partial charge in [0.1, 0.15) is 0 Å². The maximum atomic E-state index is 9.63. The highest BCUT2D eigenvalue weighted by atomic mass is 16.3. The van der Waals surface area contributed by atoms with Crippen molar-refractivity contribution in [1.29, 1.82) is 0 Å². The van der Waals surface area contributed by atoms with E-state index in [1.165, 1.54) is 38.5 Å². The Kier molecular flexibility index (Phi) is 7.06. The van der Waals surface area contributed by atoms with Crippen LogP contribution in [0, 0.1) is 5.92 Å². The van der Waals surface area contributed by atoms with Crippen molar-refractivity contribution in [3.63, 3.8) is 0 Å². The van der Waals surface area contributed by atoms with Crippen molar-refractivity contribution < 1.29 is 5.11 Å². The van der Waals surface area contributed by atoms with Gasteiger partial charge < -0.3 is 10.4 Å². The van der Waals surface area contributed by atoms with Gasteiger partial charge in [0.25, 0.3) is 0 Å². The third-order valence-electron chi connectivity index (χ3n) is 3.59. The molecule has 0 heterocycles. The highest BCUT2D eigenvalue weighted by Gasteiger charge is 2.23. The van der Waals surface area contributed by atoms with E-state index in [1.807, 2.05) is 0 Å². The molecule has 0 aromatic carbocycles. The molecule has 0 saturated heterocycles. The van der Waals surface area contributed by atoms with Gasteiger partial charge in [-0.05, 0) is 38.1 Å². The van der Waals surface area contributed by atoms with E-state index in [2.05, 4.69) is 19.2 Å². The summed E-state index contributed by atoms with van der Waals surface area (Å²) in [5.41, 5.74) is 0. The normalized spacial score (nSPS) is 25.5. The second-order valence-electron chi connectivity index (χ2n) is 5.66. The number of aliphatic hydroxyl groups excluding tert-OH is 1. The van der Waals surface area contributed by atoms with Gasteiger partial charge in [0, 0.05) is 6.04 Å². The SMILES string of the molecule is CC(C)CCCCCCN[C@H]1CCC[C@@H]1O. The first-order chi connectivity index (χ1) is 7.70. The van der Waals surface area contributed by atoms with E-state index in [1.54, 1.807) is 0 Å².